The number of methoxy groups -OCH3 is 3. The van der Waals surface area contributed by atoms with Crippen molar-refractivity contribution < 1.29 is 27.4 Å². The van der Waals surface area contributed by atoms with Gasteiger partial charge in [0.15, 0.2) is 16.3 Å². The van der Waals surface area contributed by atoms with E-state index in [-0.39, 0.29) is 29.8 Å². The Labute approximate surface area is 215 Å². The smallest absolute Gasteiger partial charge is 0.251 e. The molecule has 194 valence electrons. The molecular weight excluding hydrogens is 502 g/mol. The summed E-state index contributed by atoms with van der Waals surface area (Å²) in [4.78, 5) is 18.5. The van der Waals surface area contributed by atoms with Gasteiger partial charge in [0.05, 0.1) is 35.9 Å². The van der Waals surface area contributed by atoms with Gasteiger partial charge in [0.2, 0.25) is 10.0 Å². The first-order chi connectivity index (χ1) is 17.3. The van der Waals surface area contributed by atoms with Crippen molar-refractivity contribution in [3.63, 3.8) is 0 Å². The van der Waals surface area contributed by atoms with Crippen LogP contribution in [0.15, 0.2) is 46.3 Å². The molecular formula is C25H31N3O6S2. The van der Waals surface area contributed by atoms with Crippen LogP contribution in [0.25, 0.3) is 10.2 Å². The number of aryl methyl sites for hydroxylation is 1. The second-order valence-electron chi connectivity index (χ2n) is 8.65. The second kappa shape index (κ2) is 11.1. The summed E-state index contributed by atoms with van der Waals surface area (Å²) in [6, 6.07) is 10.6. The van der Waals surface area contributed by atoms with E-state index in [9.17, 15) is 13.2 Å². The van der Waals surface area contributed by atoms with Crippen LogP contribution in [0.2, 0.25) is 0 Å². The molecule has 1 fully saturated rings. The fourth-order valence-electron chi connectivity index (χ4n) is 4.27. The Morgan fingerprint density at radius 1 is 1.06 bits per heavy atom. The Hall–Kier alpha value is -2.73. The summed E-state index contributed by atoms with van der Waals surface area (Å²) in [5, 5.41) is 0. The third-order valence-corrected chi connectivity index (χ3v) is 9.33. The molecule has 0 bridgehead atoms. The molecule has 3 aromatic rings. The number of benzene rings is 2. The fraction of sp³-hybridized carbons (Fsp3) is 0.440. The highest BCUT2D eigenvalue weighted by atomic mass is 32.2. The summed E-state index contributed by atoms with van der Waals surface area (Å²) in [7, 11) is 1.20. The largest absolute Gasteiger partial charge is 0.493 e. The molecule has 1 amide bonds. The monoisotopic (exact) mass is 533 g/mol. The van der Waals surface area contributed by atoms with Gasteiger partial charge in [-0.15, -0.1) is 0 Å². The molecule has 2 heterocycles. The summed E-state index contributed by atoms with van der Waals surface area (Å²) in [6.45, 7) is 3.46. The van der Waals surface area contributed by atoms with E-state index in [1.807, 2.05) is 23.6 Å². The predicted molar refractivity (Wildman–Crippen MR) is 138 cm³/mol. The lowest BCUT2D eigenvalue weighted by molar-refractivity contribution is -0.122. The minimum Gasteiger partial charge on any atom is -0.493 e. The number of aromatic nitrogens is 1. The Kier molecular flexibility index (Phi) is 8.13. The van der Waals surface area contributed by atoms with Crippen LogP contribution in [0.1, 0.15) is 18.4 Å². The molecule has 0 saturated carbocycles. The lowest BCUT2D eigenvalue weighted by atomic mass is 9.98. The molecule has 1 aliphatic heterocycles. The zero-order valence-corrected chi connectivity index (χ0v) is 22.5. The van der Waals surface area contributed by atoms with E-state index >= 15 is 0 Å². The third kappa shape index (κ3) is 5.34. The lowest BCUT2D eigenvalue weighted by Gasteiger charge is -2.29. The number of ether oxygens (including phenoxy) is 3. The first kappa shape index (κ1) is 26.3. The van der Waals surface area contributed by atoms with Crippen molar-refractivity contribution in [2.24, 2.45) is 10.9 Å². The van der Waals surface area contributed by atoms with Gasteiger partial charge in [-0.05, 0) is 31.9 Å². The summed E-state index contributed by atoms with van der Waals surface area (Å²) in [5.74, 6) is 0.623. The van der Waals surface area contributed by atoms with E-state index in [4.69, 9.17) is 14.2 Å². The highest BCUT2D eigenvalue weighted by Crippen LogP contribution is 2.33. The molecule has 1 aliphatic rings. The van der Waals surface area contributed by atoms with Gasteiger partial charge in [-0.25, -0.2) is 8.42 Å². The van der Waals surface area contributed by atoms with Gasteiger partial charge in [0.25, 0.3) is 5.91 Å². The SMILES string of the molecule is COCCn1c(=NC(=O)C2CCN(S(=O)(=O)c3ccc(C)cc3)CC2)sc2cc(OC)c(OC)cc21. The minimum absolute atomic E-state index is 0.237. The van der Waals surface area contributed by atoms with Crippen molar-refractivity contribution in [3.8, 4) is 11.5 Å². The first-order valence-corrected chi connectivity index (χ1v) is 13.9. The number of nitrogens with zero attached hydrogens (tertiary/aromatic N) is 3. The number of fused-ring (bicyclic) bond motifs is 1. The Balaban J connectivity index is 1.57. The van der Waals surface area contributed by atoms with E-state index in [0.717, 1.165) is 15.8 Å². The maximum absolute atomic E-state index is 13.2. The number of sulfonamides is 1. The molecule has 0 atom stereocenters. The highest BCUT2D eigenvalue weighted by Gasteiger charge is 2.32. The maximum Gasteiger partial charge on any atom is 0.251 e. The molecule has 2 aromatic carbocycles. The second-order valence-corrected chi connectivity index (χ2v) is 11.6. The van der Waals surface area contributed by atoms with Crippen LogP contribution in [0.3, 0.4) is 0 Å². The van der Waals surface area contributed by atoms with Gasteiger partial charge >= 0.3 is 0 Å². The van der Waals surface area contributed by atoms with Crippen molar-refractivity contribution >= 4 is 37.5 Å². The molecule has 36 heavy (non-hydrogen) atoms. The van der Waals surface area contributed by atoms with E-state index in [2.05, 4.69) is 4.99 Å². The average Bonchev–Trinajstić information content (AvgIpc) is 3.22. The summed E-state index contributed by atoms with van der Waals surface area (Å²) in [6.07, 6.45) is 0.857. The van der Waals surface area contributed by atoms with Crippen molar-refractivity contribution in [2.45, 2.75) is 31.2 Å². The van der Waals surface area contributed by atoms with Crippen LogP contribution >= 0.6 is 11.3 Å². The van der Waals surface area contributed by atoms with Gasteiger partial charge in [-0.1, -0.05) is 29.0 Å². The average molecular weight is 534 g/mol. The number of hydrogen-bond donors (Lipinski definition) is 0. The molecule has 11 heteroatoms. The molecule has 0 N–H and O–H groups in total. The number of amides is 1. The third-order valence-electron chi connectivity index (χ3n) is 6.37. The van der Waals surface area contributed by atoms with Crippen LogP contribution < -0.4 is 14.3 Å². The summed E-state index contributed by atoms with van der Waals surface area (Å²) < 4.78 is 46.4. The van der Waals surface area contributed by atoms with Gasteiger partial charge in [-0.3, -0.25) is 4.79 Å². The van der Waals surface area contributed by atoms with Gasteiger partial charge < -0.3 is 18.8 Å². The van der Waals surface area contributed by atoms with Crippen molar-refractivity contribution in [3.05, 3.63) is 46.8 Å². The molecule has 0 spiro atoms. The van der Waals surface area contributed by atoms with E-state index in [1.165, 1.54) is 15.6 Å². The number of carbonyl (C=O) groups is 1. The molecule has 0 radical (unpaired) electrons. The molecule has 1 aromatic heterocycles. The number of rotatable bonds is 8. The van der Waals surface area contributed by atoms with Crippen LogP contribution in [-0.4, -0.2) is 64.2 Å². The fourth-order valence-corrected chi connectivity index (χ4v) is 6.81. The molecule has 0 unspecified atom stereocenters. The minimum atomic E-state index is -3.58. The molecule has 0 aliphatic carbocycles. The quantitative estimate of drug-likeness (QED) is 0.441. The number of carbonyl (C=O) groups excluding carboxylic acids is 1. The van der Waals surface area contributed by atoms with Crippen LogP contribution in [0.5, 0.6) is 11.5 Å². The topological polar surface area (TPSA) is 99.4 Å². The van der Waals surface area contributed by atoms with E-state index < -0.39 is 10.0 Å². The number of hydrogen-bond acceptors (Lipinski definition) is 7. The van der Waals surface area contributed by atoms with Crippen LogP contribution in [0, 0.1) is 12.8 Å². The van der Waals surface area contributed by atoms with E-state index in [1.54, 1.807) is 45.6 Å². The zero-order chi connectivity index (χ0) is 25.9. The highest BCUT2D eigenvalue weighted by molar-refractivity contribution is 7.89. The molecule has 9 nitrogen and oxygen atoms in total. The van der Waals surface area contributed by atoms with Gasteiger partial charge in [0, 0.05) is 44.8 Å². The van der Waals surface area contributed by atoms with Gasteiger partial charge in [0.1, 0.15) is 0 Å². The Morgan fingerprint density at radius 3 is 2.31 bits per heavy atom. The Bertz CT molecular complexity index is 1400. The number of piperidine rings is 1. The zero-order valence-electron chi connectivity index (χ0n) is 20.9. The maximum atomic E-state index is 13.2. The lowest BCUT2D eigenvalue weighted by Crippen LogP contribution is -2.40. The Morgan fingerprint density at radius 2 is 1.69 bits per heavy atom. The predicted octanol–water partition coefficient (Wildman–Crippen LogP) is 3.20. The van der Waals surface area contributed by atoms with Crippen LogP contribution in [0.4, 0.5) is 0 Å². The van der Waals surface area contributed by atoms with Crippen molar-refractivity contribution in [2.75, 3.05) is 41.0 Å². The summed E-state index contributed by atoms with van der Waals surface area (Å²) in [5.41, 5.74) is 1.88. The molecule has 1 saturated heterocycles. The van der Waals surface area contributed by atoms with Crippen molar-refractivity contribution in [1.29, 1.82) is 0 Å². The normalized spacial score (nSPS) is 15.9. The standard InChI is InChI=1S/C25H31N3O6S2/c1-17-5-7-19(8-6-17)36(30,31)27-11-9-18(10-12-27)24(29)26-25-28(13-14-32-2)20-15-21(33-3)22(34-4)16-23(20)35-25/h5-8,15-16,18H,9-14H2,1-4H3. The first-order valence-electron chi connectivity index (χ1n) is 11.7. The van der Waals surface area contributed by atoms with E-state index in [0.29, 0.717) is 42.3 Å². The summed E-state index contributed by atoms with van der Waals surface area (Å²) >= 11 is 1.40. The molecule has 4 rings (SSSR count). The van der Waals surface area contributed by atoms with Gasteiger partial charge in [-0.2, -0.15) is 9.30 Å². The van der Waals surface area contributed by atoms with Crippen molar-refractivity contribution in [1.82, 2.24) is 8.87 Å². The van der Waals surface area contributed by atoms with Crippen LogP contribution in [-0.2, 0) is 26.1 Å². The number of thiazole rings is 1.